The third-order valence-electron chi connectivity index (χ3n) is 5.25. The van der Waals surface area contributed by atoms with Crippen molar-refractivity contribution in [2.75, 3.05) is 12.5 Å². The Morgan fingerprint density at radius 1 is 1.09 bits per heavy atom. The van der Waals surface area contributed by atoms with Crippen LogP contribution in [-0.4, -0.2) is 28.0 Å². The Morgan fingerprint density at radius 3 is 2.70 bits per heavy atom. The van der Waals surface area contributed by atoms with E-state index in [1.54, 1.807) is 35.1 Å². The molecule has 0 aliphatic carbocycles. The van der Waals surface area contributed by atoms with E-state index in [1.807, 2.05) is 30.3 Å². The van der Waals surface area contributed by atoms with Gasteiger partial charge in [-0.15, -0.1) is 0 Å². The van der Waals surface area contributed by atoms with Gasteiger partial charge in [-0.2, -0.15) is 0 Å². The Bertz CT molecular complexity index is 1340. The first-order chi connectivity index (χ1) is 16.2. The summed E-state index contributed by atoms with van der Waals surface area (Å²) in [6.07, 6.45) is 2.23. The molecule has 4 aromatic rings. The summed E-state index contributed by atoms with van der Waals surface area (Å²) in [7, 11) is 0. The van der Waals surface area contributed by atoms with Gasteiger partial charge in [0.05, 0.1) is 29.5 Å². The number of rotatable bonds is 8. The molecular weight excluding hydrogens is 442 g/mol. The number of aromatic nitrogens is 2. The zero-order chi connectivity index (χ0) is 22.6. The van der Waals surface area contributed by atoms with Gasteiger partial charge in [0.2, 0.25) is 12.7 Å². The van der Waals surface area contributed by atoms with Crippen LogP contribution in [0.2, 0.25) is 0 Å². The van der Waals surface area contributed by atoms with Crippen molar-refractivity contribution in [1.82, 2.24) is 14.9 Å². The zero-order valence-electron chi connectivity index (χ0n) is 17.7. The molecule has 0 spiro atoms. The summed E-state index contributed by atoms with van der Waals surface area (Å²) in [6, 6.07) is 16.9. The number of carbonyl (C=O) groups is 1. The van der Waals surface area contributed by atoms with Crippen LogP contribution in [0.15, 0.2) is 75.2 Å². The minimum atomic E-state index is -0.175. The molecule has 0 bridgehead atoms. The van der Waals surface area contributed by atoms with Crippen molar-refractivity contribution >= 4 is 28.6 Å². The molecule has 2 aromatic carbocycles. The molecule has 1 aliphatic heterocycles. The van der Waals surface area contributed by atoms with Crippen LogP contribution in [0.5, 0.6) is 11.5 Å². The highest BCUT2D eigenvalue weighted by atomic mass is 32.2. The first kappa shape index (κ1) is 21.1. The minimum absolute atomic E-state index is 0.116. The number of amides is 1. The second-order valence-corrected chi connectivity index (χ2v) is 8.40. The number of nitrogens with one attached hydrogen (secondary N) is 1. The zero-order valence-corrected chi connectivity index (χ0v) is 18.5. The SMILES string of the molecule is O=C(CSc1nc2cc3c(cc2c(=O)n1CCc1ccccc1)OCO3)NCc1ccco1. The van der Waals surface area contributed by atoms with Gasteiger partial charge < -0.3 is 19.2 Å². The van der Waals surface area contributed by atoms with Crippen molar-refractivity contribution in [2.24, 2.45) is 0 Å². The fraction of sp³-hybridized carbons (Fsp3) is 0.208. The molecule has 0 radical (unpaired) electrons. The van der Waals surface area contributed by atoms with Crippen molar-refractivity contribution in [3.63, 3.8) is 0 Å². The lowest BCUT2D eigenvalue weighted by atomic mass is 10.1. The summed E-state index contributed by atoms with van der Waals surface area (Å²) >= 11 is 1.23. The average molecular weight is 464 g/mol. The first-order valence-electron chi connectivity index (χ1n) is 10.5. The van der Waals surface area contributed by atoms with Crippen LogP contribution in [0.3, 0.4) is 0 Å². The summed E-state index contributed by atoms with van der Waals surface area (Å²) < 4.78 is 17.7. The van der Waals surface area contributed by atoms with Crippen LogP contribution >= 0.6 is 11.8 Å². The number of ether oxygens (including phenoxy) is 2. The van der Waals surface area contributed by atoms with Gasteiger partial charge in [-0.25, -0.2) is 4.98 Å². The summed E-state index contributed by atoms with van der Waals surface area (Å²) in [5, 5.41) is 3.75. The molecule has 5 rings (SSSR count). The maximum Gasteiger partial charge on any atom is 0.262 e. The Kier molecular flexibility index (Phi) is 6.03. The van der Waals surface area contributed by atoms with E-state index < -0.39 is 0 Å². The lowest BCUT2D eigenvalue weighted by Gasteiger charge is -2.13. The predicted octanol–water partition coefficient (Wildman–Crippen LogP) is 3.37. The molecule has 2 aromatic heterocycles. The molecular formula is C24H21N3O5S. The number of hydrogen-bond donors (Lipinski definition) is 1. The molecule has 0 saturated carbocycles. The second kappa shape index (κ2) is 9.41. The van der Waals surface area contributed by atoms with E-state index >= 15 is 0 Å². The van der Waals surface area contributed by atoms with Crippen LogP contribution in [0.4, 0.5) is 0 Å². The second-order valence-electron chi connectivity index (χ2n) is 7.45. The van der Waals surface area contributed by atoms with E-state index in [0.717, 1.165) is 5.56 Å². The number of nitrogens with zero attached hydrogens (tertiary/aromatic N) is 2. The topological polar surface area (TPSA) is 95.6 Å². The molecule has 1 aliphatic rings. The largest absolute Gasteiger partial charge is 0.467 e. The Morgan fingerprint density at radius 2 is 1.91 bits per heavy atom. The van der Waals surface area contributed by atoms with Crippen molar-refractivity contribution in [1.29, 1.82) is 0 Å². The molecule has 1 amide bonds. The molecule has 0 atom stereocenters. The highest BCUT2D eigenvalue weighted by molar-refractivity contribution is 7.99. The smallest absolute Gasteiger partial charge is 0.262 e. The normalized spacial score (nSPS) is 12.2. The number of hydrogen-bond acceptors (Lipinski definition) is 7. The van der Waals surface area contributed by atoms with Crippen molar-refractivity contribution < 1.29 is 18.7 Å². The van der Waals surface area contributed by atoms with E-state index in [9.17, 15) is 9.59 Å². The summed E-state index contributed by atoms with van der Waals surface area (Å²) in [4.78, 5) is 30.5. The lowest BCUT2D eigenvalue weighted by molar-refractivity contribution is -0.118. The number of fused-ring (bicyclic) bond motifs is 2. The van der Waals surface area contributed by atoms with Gasteiger partial charge in [0.25, 0.3) is 5.56 Å². The molecule has 33 heavy (non-hydrogen) atoms. The van der Waals surface area contributed by atoms with Gasteiger partial charge in [-0.1, -0.05) is 42.1 Å². The van der Waals surface area contributed by atoms with Crippen LogP contribution in [-0.2, 0) is 24.3 Å². The first-order valence-corrected chi connectivity index (χ1v) is 11.5. The molecule has 3 heterocycles. The quantitative estimate of drug-likeness (QED) is 0.316. The standard InChI is InChI=1S/C24H21N3O5S/c28-22(25-13-17-7-4-10-30-17)14-33-24-26-19-12-21-20(31-15-32-21)11-18(19)23(29)27(24)9-8-16-5-2-1-3-6-16/h1-7,10-12H,8-9,13-15H2,(H,25,28). The molecule has 8 nitrogen and oxygen atoms in total. The number of thioether (sulfide) groups is 1. The summed E-state index contributed by atoms with van der Waals surface area (Å²) in [5.74, 6) is 1.71. The number of aryl methyl sites for hydroxylation is 1. The van der Waals surface area contributed by atoms with Crippen molar-refractivity contribution in [2.45, 2.75) is 24.7 Å². The minimum Gasteiger partial charge on any atom is -0.467 e. The Hall–Kier alpha value is -3.72. The average Bonchev–Trinajstić information content (AvgIpc) is 3.52. The molecule has 9 heteroatoms. The molecule has 0 unspecified atom stereocenters. The van der Waals surface area contributed by atoms with E-state index in [1.165, 1.54) is 11.8 Å². The monoisotopic (exact) mass is 463 g/mol. The molecule has 0 saturated heterocycles. The van der Waals surface area contributed by atoms with Gasteiger partial charge in [-0.05, 0) is 30.2 Å². The number of carbonyl (C=O) groups excluding carboxylic acids is 1. The van der Waals surface area contributed by atoms with Crippen molar-refractivity contribution in [3.05, 3.63) is 82.5 Å². The van der Waals surface area contributed by atoms with Crippen LogP contribution < -0.4 is 20.3 Å². The van der Waals surface area contributed by atoms with E-state index in [2.05, 4.69) is 5.32 Å². The van der Waals surface area contributed by atoms with Crippen molar-refractivity contribution in [3.8, 4) is 11.5 Å². The van der Waals surface area contributed by atoms with E-state index in [4.69, 9.17) is 18.9 Å². The van der Waals surface area contributed by atoms with Gasteiger partial charge in [0.1, 0.15) is 5.76 Å². The van der Waals surface area contributed by atoms with E-state index in [-0.39, 0.29) is 24.0 Å². The highest BCUT2D eigenvalue weighted by Crippen LogP contribution is 2.35. The van der Waals surface area contributed by atoms with Crippen LogP contribution in [0.25, 0.3) is 10.9 Å². The molecule has 0 fully saturated rings. The fourth-order valence-corrected chi connectivity index (χ4v) is 4.42. The third kappa shape index (κ3) is 4.73. The molecule has 1 N–H and O–H groups in total. The molecule has 168 valence electrons. The summed E-state index contributed by atoms with van der Waals surface area (Å²) in [5.41, 5.74) is 1.45. The van der Waals surface area contributed by atoms with E-state index in [0.29, 0.717) is 52.8 Å². The van der Waals surface area contributed by atoms with Gasteiger partial charge in [-0.3, -0.25) is 14.2 Å². The van der Waals surface area contributed by atoms with Gasteiger partial charge in [0.15, 0.2) is 16.7 Å². The maximum atomic E-state index is 13.4. The van der Waals surface area contributed by atoms with Gasteiger partial charge >= 0.3 is 0 Å². The predicted molar refractivity (Wildman–Crippen MR) is 124 cm³/mol. The summed E-state index contributed by atoms with van der Waals surface area (Å²) in [6.45, 7) is 0.865. The Balaban J connectivity index is 1.41. The lowest BCUT2D eigenvalue weighted by Crippen LogP contribution is -2.27. The van der Waals surface area contributed by atoms with Crippen LogP contribution in [0, 0.1) is 0 Å². The number of benzene rings is 2. The third-order valence-corrected chi connectivity index (χ3v) is 6.23. The Labute approximate surface area is 193 Å². The fourth-order valence-electron chi connectivity index (χ4n) is 3.56. The maximum absolute atomic E-state index is 13.4. The van der Waals surface area contributed by atoms with Gasteiger partial charge in [0, 0.05) is 12.6 Å². The highest BCUT2D eigenvalue weighted by Gasteiger charge is 2.19. The van der Waals surface area contributed by atoms with Crippen LogP contribution in [0.1, 0.15) is 11.3 Å². The number of furan rings is 1.